The Labute approximate surface area is 117 Å². The van der Waals surface area contributed by atoms with Crippen LogP contribution in [0.15, 0.2) is 38.3 Å². The summed E-state index contributed by atoms with van der Waals surface area (Å²) in [5.74, 6) is -0.591. The minimum absolute atomic E-state index is 0.0159. The SMILES string of the molecule is Cc1cccc(F)c1NS(=O)(=O)c1sccc1Br. The van der Waals surface area contributed by atoms with Crippen LogP contribution >= 0.6 is 27.3 Å². The molecule has 3 nitrogen and oxygen atoms in total. The normalized spacial score (nSPS) is 11.5. The molecule has 18 heavy (non-hydrogen) atoms. The zero-order valence-electron chi connectivity index (χ0n) is 9.28. The maximum absolute atomic E-state index is 13.6. The maximum Gasteiger partial charge on any atom is 0.272 e. The van der Waals surface area contributed by atoms with E-state index in [4.69, 9.17) is 0 Å². The molecule has 0 atom stereocenters. The standard InChI is InChI=1S/C11H9BrFNO2S2/c1-7-3-2-4-9(13)10(7)14-18(15,16)11-8(12)5-6-17-11/h2-6,14H,1H3. The fraction of sp³-hybridized carbons (Fsp3) is 0.0909. The Morgan fingerprint density at radius 1 is 1.33 bits per heavy atom. The van der Waals surface area contributed by atoms with Crippen LogP contribution in [-0.4, -0.2) is 8.42 Å². The van der Waals surface area contributed by atoms with E-state index in [1.807, 2.05) is 0 Å². The van der Waals surface area contributed by atoms with Crippen molar-refractivity contribution >= 4 is 43.0 Å². The molecule has 0 saturated heterocycles. The largest absolute Gasteiger partial charge is 0.276 e. The number of hydrogen-bond donors (Lipinski definition) is 1. The Bertz CT molecular complexity index is 662. The van der Waals surface area contributed by atoms with Gasteiger partial charge in [0.05, 0.1) is 5.69 Å². The van der Waals surface area contributed by atoms with Crippen LogP contribution in [-0.2, 0) is 10.0 Å². The molecule has 1 heterocycles. The van der Waals surface area contributed by atoms with Gasteiger partial charge in [0, 0.05) is 4.47 Å². The van der Waals surface area contributed by atoms with E-state index in [0.29, 0.717) is 10.0 Å². The van der Waals surface area contributed by atoms with Gasteiger partial charge >= 0.3 is 0 Å². The third kappa shape index (κ3) is 2.57. The zero-order chi connectivity index (χ0) is 13.3. The average molecular weight is 350 g/mol. The van der Waals surface area contributed by atoms with Crippen LogP contribution < -0.4 is 4.72 Å². The summed E-state index contributed by atoms with van der Waals surface area (Å²) in [6, 6.07) is 6.02. The van der Waals surface area contributed by atoms with Crippen molar-refractivity contribution in [3.05, 3.63) is 45.5 Å². The van der Waals surface area contributed by atoms with Crippen molar-refractivity contribution in [2.45, 2.75) is 11.1 Å². The highest BCUT2D eigenvalue weighted by atomic mass is 79.9. The van der Waals surface area contributed by atoms with E-state index in [2.05, 4.69) is 20.7 Å². The van der Waals surface area contributed by atoms with Gasteiger partial charge in [-0.2, -0.15) is 0 Å². The van der Waals surface area contributed by atoms with Gasteiger partial charge in [0.25, 0.3) is 10.0 Å². The lowest BCUT2D eigenvalue weighted by atomic mass is 10.2. The molecular weight excluding hydrogens is 341 g/mol. The van der Waals surface area contributed by atoms with E-state index in [0.717, 1.165) is 11.3 Å². The summed E-state index contributed by atoms with van der Waals surface area (Å²) in [5.41, 5.74) is 0.518. The highest BCUT2D eigenvalue weighted by Gasteiger charge is 2.21. The number of anilines is 1. The molecule has 0 aliphatic heterocycles. The van der Waals surface area contributed by atoms with Crippen molar-refractivity contribution < 1.29 is 12.8 Å². The van der Waals surface area contributed by atoms with Crippen LogP contribution in [0, 0.1) is 12.7 Å². The molecule has 0 unspecified atom stereocenters. The topological polar surface area (TPSA) is 46.2 Å². The molecule has 0 radical (unpaired) electrons. The number of halogens is 2. The van der Waals surface area contributed by atoms with Crippen molar-refractivity contribution in [2.75, 3.05) is 4.72 Å². The molecule has 0 fully saturated rings. The lowest BCUT2D eigenvalue weighted by Gasteiger charge is -2.10. The number of nitrogens with one attached hydrogen (secondary N) is 1. The first kappa shape index (κ1) is 13.5. The van der Waals surface area contributed by atoms with Crippen LogP contribution in [0.5, 0.6) is 0 Å². The highest BCUT2D eigenvalue weighted by Crippen LogP contribution is 2.30. The Hall–Kier alpha value is -0.920. The second-order valence-electron chi connectivity index (χ2n) is 3.59. The van der Waals surface area contributed by atoms with Crippen LogP contribution in [0.2, 0.25) is 0 Å². The minimum Gasteiger partial charge on any atom is -0.276 e. The van der Waals surface area contributed by atoms with Crippen molar-refractivity contribution in [2.24, 2.45) is 0 Å². The monoisotopic (exact) mass is 349 g/mol. The summed E-state index contributed by atoms with van der Waals surface area (Å²) in [6.07, 6.45) is 0. The first-order chi connectivity index (χ1) is 8.42. The third-order valence-corrected chi connectivity index (χ3v) is 6.31. The minimum atomic E-state index is -3.76. The van der Waals surface area contributed by atoms with Gasteiger partial charge in [-0.3, -0.25) is 4.72 Å². The number of sulfonamides is 1. The van der Waals surface area contributed by atoms with Gasteiger partial charge in [0.1, 0.15) is 5.82 Å². The summed E-state index contributed by atoms with van der Waals surface area (Å²) in [6.45, 7) is 1.64. The Morgan fingerprint density at radius 2 is 2.06 bits per heavy atom. The average Bonchev–Trinajstić information content (AvgIpc) is 2.71. The van der Waals surface area contributed by atoms with E-state index in [1.165, 1.54) is 12.1 Å². The van der Waals surface area contributed by atoms with Gasteiger partial charge in [-0.05, 0) is 45.9 Å². The predicted molar refractivity (Wildman–Crippen MR) is 74.0 cm³/mol. The number of thiophene rings is 1. The van der Waals surface area contributed by atoms with Gasteiger partial charge in [0.15, 0.2) is 4.21 Å². The smallest absolute Gasteiger partial charge is 0.272 e. The summed E-state index contributed by atoms with van der Waals surface area (Å²) >= 11 is 4.22. The number of benzene rings is 1. The second-order valence-corrected chi connectivity index (χ2v) is 7.24. The summed E-state index contributed by atoms with van der Waals surface area (Å²) < 4.78 is 40.6. The Kier molecular flexibility index (Phi) is 3.74. The molecule has 0 spiro atoms. The zero-order valence-corrected chi connectivity index (χ0v) is 12.5. The van der Waals surface area contributed by atoms with E-state index < -0.39 is 15.8 Å². The van der Waals surface area contributed by atoms with Crippen molar-refractivity contribution in [1.82, 2.24) is 0 Å². The van der Waals surface area contributed by atoms with E-state index in [-0.39, 0.29) is 9.90 Å². The predicted octanol–water partition coefficient (Wildman–Crippen LogP) is 3.76. The molecule has 0 aliphatic rings. The van der Waals surface area contributed by atoms with Crippen molar-refractivity contribution in [3.63, 3.8) is 0 Å². The molecule has 7 heteroatoms. The van der Waals surface area contributed by atoms with Crippen molar-refractivity contribution in [3.8, 4) is 0 Å². The molecule has 0 amide bonds. The van der Waals surface area contributed by atoms with Crippen LogP contribution in [0.4, 0.5) is 10.1 Å². The third-order valence-electron chi connectivity index (χ3n) is 2.29. The Balaban J connectivity index is 2.44. The van der Waals surface area contributed by atoms with Gasteiger partial charge in [0.2, 0.25) is 0 Å². The molecule has 96 valence electrons. The molecule has 1 N–H and O–H groups in total. The highest BCUT2D eigenvalue weighted by molar-refractivity contribution is 9.10. The number of hydrogen-bond acceptors (Lipinski definition) is 3. The molecule has 2 aromatic rings. The second kappa shape index (κ2) is 4.99. The summed E-state index contributed by atoms with van der Waals surface area (Å²) in [4.78, 5) is 0. The molecule has 1 aromatic carbocycles. The molecule has 1 aromatic heterocycles. The first-order valence-electron chi connectivity index (χ1n) is 4.93. The molecule has 0 bridgehead atoms. The van der Waals surface area contributed by atoms with E-state index in [1.54, 1.807) is 24.4 Å². The number of aryl methyl sites for hydroxylation is 1. The summed E-state index contributed by atoms with van der Waals surface area (Å²) in [7, 11) is -3.76. The summed E-state index contributed by atoms with van der Waals surface area (Å²) in [5, 5.41) is 1.65. The number of para-hydroxylation sites is 1. The van der Waals surface area contributed by atoms with Crippen LogP contribution in [0.25, 0.3) is 0 Å². The Morgan fingerprint density at radius 3 is 2.61 bits per heavy atom. The molecular formula is C11H9BrFNO2S2. The first-order valence-corrected chi connectivity index (χ1v) is 8.08. The van der Waals surface area contributed by atoms with Gasteiger partial charge in [-0.15, -0.1) is 11.3 Å². The maximum atomic E-state index is 13.6. The fourth-order valence-corrected chi connectivity index (χ4v) is 4.89. The van der Waals surface area contributed by atoms with Crippen LogP contribution in [0.3, 0.4) is 0 Å². The number of rotatable bonds is 3. The van der Waals surface area contributed by atoms with Crippen LogP contribution in [0.1, 0.15) is 5.56 Å². The molecule has 0 aliphatic carbocycles. The quantitative estimate of drug-likeness (QED) is 0.916. The lowest BCUT2D eigenvalue weighted by Crippen LogP contribution is -2.14. The van der Waals surface area contributed by atoms with E-state index >= 15 is 0 Å². The fourth-order valence-electron chi connectivity index (χ4n) is 1.41. The van der Waals surface area contributed by atoms with Gasteiger partial charge in [-0.25, -0.2) is 12.8 Å². The van der Waals surface area contributed by atoms with Gasteiger partial charge < -0.3 is 0 Å². The van der Waals surface area contributed by atoms with E-state index in [9.17, 15) is 12.8 Å². The molecule has 2 rings (SSSR count). The lowest BCUT2D eigenvalue weighted by molar-refractivity contribution is 0.600. The van der Waals surface area contributed by atoms with Gasteiger partial charge in [-0.1, -0.05) is 12.1 Å². The van der Waals surface area contributed by atoms with Crippen molar-refractivity contribution in [1.29, 1.82) is 0 Å². The molecule has 0 saturated carbocycles.